The average Bonchev–Trinajstić information content (AvgIpc) is 2.79. The van der Waals surface area contributed by atoms with Gasteiger partial charge in [-0.05, 0) is 44.0 Å². The van der Waals surface area contributed by atoms with Crippen molar-refractivity contribution in [3.05, 3.63) is 24.3 Å². The minimum absolute atomic E-state index is 0.189. The number of rotatable bonds is 5. The van der Waals surface area contributed by atoms with E-state index in [0.717, 1.165) is 6.42 Å². The Balaban J connectivity index is 2.08. The van der Waals surface area contributed by atoms with Crippen molar-refractivity contribution in [2.75, 3.05) is 21.9 Å². The second kappa shape index (κ2) is 6.26. The van der Waals surface area contributed by atoms with E-state index in [0.29, 0.717) is 30.8 Å². The number of carbonyl (C=O) groups excluding carboxylic acids is 1. The minimum Gasteiger partial charge on any atom is -0.325 e. The quantitative estimate of drug-likeness (QED) is 0.861. The van der Waals surface area contributed by atoms with Crippen LogP contribution in [0.5, 0.6) is 0 Å². The van der Waals surface area contributed by atoms with Crippen LogP contribution in [0.1, 0.15) is 33.1 Å². The van der Waals surface area contributed by atoms with Gasteiger partial charge in [-0.25, -0.2) is 8.42 Å². The highest BCUT2D eigenvalue weighted by Crippen LogP contribution is 2.25. The number of nitrogens with two attached hydrogens (primary N) is 1. The number of sulfonamides is 1. The number of hydrogen-bond acceptors (Lipinski definition) is 4. The first-order valence-corrected chi connectivity index (χ1v) is 9.08. The van der Waals surface area contributed by atoms with Gasteiger partial charge in [0.05, 0.1) is 17.0 Å². The molecule has 1 aliphatic rings. The molecule has 0 bridgehead atoms. The normalized spacial score (nSPS) is 19.7. The Morgan fingerprint density at radius 2 is 2.00 bits per heavy atom. The molecule has 0 radical (unpaired) electrons. The highest BCUT2D eigenvalue weighted by atomic mass is 32.2. The van der Waals surface area contributed by atoms with Crippen molar-refractivity contribution in [1.82, 2.24) is 0 Å². The lowest BCUT2D eigenvalue weighted by Gasteiger charge is -2.23. The fraction of sp³-hybridized carbons (Fsp3) is 0.533. The summed E-state index contributed by atoms with van der Waals surface area (Å²) >= 11 is 0. The van der Waals surface area contributed by atoms with E-state index in [2.05, 4.69) is 5.32 Å². The molecule has 0 aliphatic carbocycles. The van der Waals surface area contributed by atoms with Crippen molar-refractivity contribution < 1.29 is 13.2 Å². The van der Waals surface area contributed by atoms with Gasteiger partial charge in [0, 0.05) is 12.2 Å². The summed E-state index contributed by atoms with van der Waals surface area (Å²) in [7, 11) is -3.18. The number of nitrogens with one attached hydrogen (secondary N) is 1. The number of amides is 1. The van der Waals surface area contributed by atoms with E-state index in [9.17, 15) is 13.2 Å². The van der Waals surface area contributed by atoms with Crippen molar-refractivity contribution in [1.29, 1.82) is 0 Å². The maximum absolute atomic E-state index is 12.1. The summed E-state index contributed by atoms with van der Waals surface area (Å²) in [5.41, 5.74) is 6.31. The van der Waals surface area contributed by atoms with Crippen LogP contribution in [-0.4, -0.2) is 32.2 Å². The third-order valence-corrected chi connectivity index (χ3v) is 5.67. The maximum Gasteiger partial charge on any atom is 0.244 e. The topological polar surface area (TPSA) is 92.5 Å². The number of nitrogens with zero attached hydrogens (tertiary/aromatic N) is 1. The Hall–Kier alpha value is -1.60. The second-order valence-electron chi connectivity index (χ2n) is 5.91. The largest absolute Gasteiger partial charge is 0.325 e. The molecule has 1 heterocycles. The molecule has 1 aromatic carbocycles. The molecule has 1 aliphatic heterocycles. The van der Waals surface area contributed by atoms with Crippen LogP contribution in [0, 0.1) is 0 Å². The molecular weight excluding hydrogens is 302 g/mol. The summed E-state index contributed by atoms with van der Waals surface area (Å²) in [4.78, 5) is 12.1. The van der Waals surface area contributed by atoms with Crippen LogP contribution >= 0.6 is 0 Å². The first-order valence-electron chi connectivity index (χ1n) is 7.47. The van der Waals surface area contributed by atoms with Gasteiger partial charge in [-0.3, -0.25) is 9.10 Å². The van der Waals surface area contributed by atoms with Gasteiger partial charge >= 0.3 is 0 Å². The Bertz CT molecular complexity index is 639. The number of hydrogen-bond donors (Lipinski definition) is 2. The molecule has 22 heavy (non-hydrogen) atoms. The van der Waals surface area contributed by atoms with Crippen molar-refractivity contribution >= 4 is 27.3 Å². The summed E-state index contributed by atoms with van der Waals surface area (Å²) in [6.45, 7) is 4.19. The summed E-state index contributed by atoms with van der Waals surface area (Å²) in [6, 6.07) is 6.80. The monoisotopic (exact) mass is 325 g/mol. The summed E-state index contributed by atoms with van der Waals surface area (Å²) < 4.78 is 25.1. The molecule has 1 fully saturated rings. The Morgan fingerprint density at radius 1 is 1.36 bits per heavy atom. The molecule has 122 valence electrons. The molecule has 0 saturated carbocycles. The van der Waals surface area contributed by atoms with Crippen LogP contribution in [-0.2, 0) is 14.8 Å². The zero-order chi connectivity index (χ0) is 16.4. The lowest BCUT2D eigenvalue weighted by molar-refractivity contribution is -0.120. The van der Waals surface area contributed by atoms with Gasteiger partial charge < -0.3 is 11.1 Å². The maximum atomic E-state index is 12.1. The van der Waals surface area contributed by atoms with Crippen molar-refractivity contribution in [3.63, 3.8) is 0 Å². The number of benzene rings is 1. The summed E-state index contributed by atoms with van der Waals surface area (Å²) in [6.07, 6.45) is 2.07. The van der Waals surface area contributed by atoms with E-state index in [1.165, 1.54) is 4.31 Å². The molecule has 1 aromatic rings. The standard InChI is InChI=1S/C15H23N3O3S/c1-3-9-15(2,16)14(19)17-12-5-7-13(8-6-12)18-10-4-11-22(18,20)21/h5-8H,3-4,9-11,16H2,1-2H3,(H,17,19). The SMILES string of the molecule is CCCC(C)(N)C(=O)Nc1ccc(N2CCCS2(=O)=O)cc1. The predicted octanol–water partition coefficient (Wildman–Crippen LogP) is 1.68. The second-order valence-corrected chi connectivity index (χ2v) is 7.92. The third kappa shape index (κ3) is 3.59. The first-order chi connectivity index (χ1) is 10.3. The number of carbonyl (C=O) groups is 1. The minimum atomic E-state index is -3.18. The Labute approximate surface area is 131 Å². The molecule has 3 N–H and O–H groups in total. The number of anilines is 2. The Kier molecular flexibility index (Phi) is 4.77. The fourth-order valence-corrected chi connectivity index (χ4v) is 4.11. The van der Waals surface area contributed by atoms with Crippen LogP contribution in [0.25, 0.3) is 0 Å². The predicted molar refractivity (Wildman–Crippen MR) is 88.3 cm³/mol. The van der Waals surface area contributed by atoms with Crippen LogP contribution < -0.4 is 15.4 Å². The van der Waals surface area contributed by atoms with E-state index in [4.69, 9.17) is 5.73 Å². The summed E-state index contributed by atoms with van der Waals surface area (Å²) in [5, 5.41) is 2.77. The molecular formula is C15H23N3O3S. The van der Waals surface area contributed by atoms with E-state index in [1.807, 2.05) is 6.92 Å². The van der Waals surface area contributed by atoms with Gasteiger partial charge in [0.15, 0.2) is 0 Å². The Morgan fingerprint density at radius 3 is 2.50 bits per heavy atom. The van der Waals surface area contributed by atoms with Crippen LogP contribution in [0.15, 0.2) is 24.3 Å². The van der Waals surface area contributed by atoms with Gasteiger partial charge in [0.25, 0.3) is 0 Å². The zero-order valence-corrected chi connectivity index (χ0v) is 13.8. The third-order valence-electron chi connectivity index (χ3n) is 3.80. The smallest absolute Gasteiger partial charge is 0.244 e. The molecule has 7 heteroatoms. The van der Waals surface area contributed by atoms with Crippen LogP contribution in [0.2, 0.25) is 0 Å². The highest BCUT2D eigenvalue weighted by molar-refractivity contribution is 7.93. The van der Waals surface area contributed by atoms with E-state index in [-0.39, 0.29) is 11.7 Å². The molecule has 2 rings (SSSR count). The van der Waals surface area contributed by atoms with Crippen LogP contribution in [0.4, 0.5) is 11.4 Å². The molecule has 1 atom stereocenters. The van der Waals surface area contributed by atoms with Crippen LogP contribution in [0.3, 0.4) is 0 Å². The zero-order valence-electron chi connectivity index (χ0n) is 13.0. The summed E-state index contributed by atoms with van der Waals surface area (Å²) in [5.74, 6) is -0.0514. The lowest BCUT2D eigenvalue weighted by Crippen LogP contribution is -2.48. The van der Waals surface area contributed by atoms with Crippen molar-refractivity contribution in [3.8, 4) is 0 Å². The first kappa shape index (κ1) is 16.8. The lowest BCUT2D eigenvalue weighted by atomic mass is 9.96. The molecule has 1 saturated heterocycles. The van der Waals surface area contributed by atoms with Crippen molar-refractivity contribution in [2.24, 2.45) is 5.73 Å². The van der Waals surface area contributed by atoms with Crippen molar-refractivity contribution in [2.45, 2.75) is 38.6 Å². The van der Waals surface area contributed by atoms with E-state index >= 15 is 0 Å². The van der Waals surface area contributed by atoms with Gasteiger partial charge in [-0.15, -0.1) is 0 Å². The molecule has 1 amide bonds. The molecule has 0 aromatic heterocycles. The van der Waals surface area contributed by atoms with Gasteiger partial charge in [-0.1, -0.05) is 13.3 Å². The average molecular weight is 325 g/mol. The van der Waals surface area contributed by atoms with Gasteiger partial charge in [0.1, 0.15) is 0 Å². The molecule has 0 spiro atoms. The van der Waals surface area contributed by atoms with E-state index < -0.39 is 15.6 Å². The molecule has 1 unspecified atom stereocenters. The molecule has 6 nitrogen and oxygen atoms in total. The highest BCUT2D eigenvalue weighted by Gasteiger charge is 2.29. The van der Waals surface area contributed by atoms with Gasteiger partial charge in [0.2, 0.25) is 15.9 Å². The van der Waals surface area contributed by atoms with Gasteiger partial charge in [-0.2, -0.15) is 0 Å². The fourth-order valence-electron chi connectivity index (χ4n) is 2.55. The van der Waals surface area contributed by atoms with E-state index in [1.54, 1.807) is 31.2 Å².